The van der Waals surface area contributed by atoms with Crippen molar-refractivity contribution in [2.45, 2.75) is 57.9 Å². The van der Waals surface area contributed by atoms with Crippen molar-refractivity contribution in [1.82, 2.24) is 4.98 Å². The van der Waals surface area contributed by atoms with E-state index < -0.39 is 27.4 Å². The molecule has 2 aliphatic carbocycles. The van der Waals surface area contributed by atoms with Gasteiger partial charge in [-0.2, -0.15) is 8.42 Å². The number of anilines is 1. The van der Waals surface area contributed by atoms with Crippen molar-refractivity contribution in [2.75, 3.05) is 11.8 Å². The number of nitrogens with one attached hydrogen (secondary N) is 1. The Morgan fingerprint density at radius 2 is 1.92 bits per heavy atom. The van der Waals surface area contributed by atoms with E-state index in [9.17, 15) is 17.6 Å². The zero-order chi connectivity index (χ0) is 27.0. The van der Waals surface area contributed by atoms with Crippen molar-refractivity contribution >= 4 is 38.6 Å². The number of aromatic carboxylic acids is 1. The summed E-state index contributed by atoms with van der Waals surface area (Å²) in [6.45, 7) is 6.99. The standard InChI is InChI=1S/C27H33FN2O5S2/c1-27(2,3)19-11-9-17(10-12-19)16-5-7-18(8-6-16)25-29-24(15-36-25)37(33,34)30-22-14-21(28)20(26(31)32)13-23(22)35-4/h5,7-8,13-17,19,30H,6,9-12H2,1-4H3,(H,31,32)/t16-,17?,19?/m1/s1. The maximum Gasteiger partial charge on any atom is 0.338 e. The number of ether oxygens (including phenoxy) is 1. The van der Waals surface area contributed by atoms with E-state index >= 15 is 0 Å². The number of sulfonamides is 1. The molecule has 200 valence electrons. The highest BCUT2D eigenvalue weighted by Crippen LogP contribution is 2.44. The number of hydrogen-bond donors (Lipinski definition) is 2. The van der Waals surface area contributed by atoms with Crippen LogP contribution in [0, 0.1) is 29.0 Å². The summed E-state index contributed by atoms with van der Waals surface area (Å²) in [5.41, 5.74) is 0.424. The Hall–Kier alpha value is -2.72. The van der Waals surface area contributed by atoms with E-state index in [0.29, 0.717) is 22.3 Å². The molecule has 0 radical (unpaired) electrons. The molecule has 0 bridgehead atoms. The largest absolute Gasteiger partial charge is 0.495 e. The van der Waals surface area contributed by atoms with Crippen molar-refractivity contribution in [3.05, 3.63) is 52.1 Å². The van der Waals surface area contributed by atoms with E-state index in [0.717, 1.165) is 30.0 Å². The van der Waals surface area contributed by atoms with Crippen molar-refractivity contribution < 1.29 is 27.4 Å². The number of rotatable bonds is 7. The molecule has 1 saturated carbocycles. The number of methoxy groups -OCH3 is 1. The maximum atomic E-state index is 14.2. The molecule has 1 atom stereocenters. The van der Waals surface area contributed by atoms with Gasteiger partial charge in [0.1, 0.15) is 16.6 Å². The second-order valence-electron chi connectivity index (χ2n) is 10.8. The molecule has 0 saturated heterocycles. The van der Waals surface area contributed by atoms with Gasteiger partial charge in [0.15, 0.2) is 5.03 Å². The zero-order valence-electron chi connectivity index (χ0n) is 21.5. The molecular weight excluding hydrogens is 515 g/mol. The van der Waals surface area contributed by atoms with Crippen LogP contribution in [-0.2, 0) is 10.0 Å². The number of hydrogen-bond acceptors (Lipinski definition) is 6. The Bertz CT molecular complexity index is 1330. The normalized spacial score (nSPS) is 22.4. The van der Waals surface area contributed by atoms with E-state index in [4.69, 9.17) is 9.84 Å². The highest BCUT2D eigenvalue weighted by atomic mass is 32.2. The van der Waals surface area contributed by atoms with Gasteiger partial charge < -0.3 is 9.84 Å². The van der Waals surface area contributed by atoms with Gasteiger partial charge >= 0.3 is 5.97 Å². The van der Waals surface area contributed by atoms with Crippen molar-refractivity contribution in [3.63, 3.8) is 0 Å². The number of aromatic nitrogens is 1. The van der Waals surface area contributed by atoms with Gasteiger partial charge in [-0.05, 0) is 61.3 Å². The van der Waals surface area contributed by atoms with Crippen molar-refractivity contribution in [2.24, 2.45) is 23.2 Å². The van der Waals surface area contributed by atoms with Crippen LogP contribution >= 0.6 is 11.3 Å². The average molecular weight is 549 g/mol. The van der Waals surface area contributed by atoms with Gasteiger partial charge in [-0.1, -0.05) is 39.0 Å². The van der Waals surface area contributed by atoms with Gasteiger partial charge in [-0.3, -0.25) is 4.72 Å². The third-order valence-electron chi connectivity index (χ3n) is 7.50. The van der Waals surface area contributed by atoms with Crippen molar-refractivity contribution in [1.29, 1.82) is 0 Å². The lowest BCUT2D eigenvalue weighted by molar-refractivity contribution is 0.0691. The van der Waals surface area contributed by atoms with Crippen LogP contribution < -0.4 is 9.46 Å². The second kappa shape index (κ2) is 10.6. The quantitative estimate of drug-likeness (QED) is 0.404. The van der Waals surface area contributed by atoms with Crippen LogP contribution in [0.4, 0.5) is 10.1 Å². The molecule has 1 aromatic heterocycles. The molecule has 10 heteroatoms. The molecule has 1 aromatic carbocycles. The summed E-state index contributed by atoms with van der Waals surface area (Å²) in [7, 11) is -2.92. The Morgan fingerprint density at radius 3 is 2.49 bits per heavy atom. The predicted octanol–water partition coefficient (Wildman–Crippen LogP) is 6.60. The number of allylic oxidation sites excluding steroid dienone is 4. The number of nitrogens with zero attached hydrogens (tertiary/aromatic N) is 1. The van der Waals surface area contributed by atoms with Crippen LogP contribution in [-0.4, -0.2) is 31.6 Å². The lowest BCUT2D eigenvalue weighted by Gasteiger charge is -2.39. The van der Waals surface area contributed by atoms with Crippen molar-refractivity contribution in [3.8, 4) is 5.75 Å². The summed E-state index contributed by atoms with van der Waals surface area (Å²) in [6.07, 6.45) is 12.3. The Labute approximate surface area is 221 Å². The van der Waals surface area contributed by atoms with E-state index in [1.165, 1.54) is 49.5 Å². The average Bonchev–Trinajstić information content (AvgIpc) is 3.35. The maximum absolute atomic E-state index is 14.2. The van der Waals surface area contributed by atoms with E-state index in [1.54, 1.807) is 0 Å². The van der Waals surface area contributed by atoms with Gasteiger partial charge in [0.25, 0.3) is 10.0 Å². The van der Waals surface area contributed by atoms with Gasteiger partial charge in [-0.15, -0.1) is 11.3 Å². The summed E-state index contributed by atoms with van der Waals surface area (Å²) < 4.78 is 47.4. The van der Waals surface area contributed by atoms with Gasteiger partial charge in [0.2, 0.25) is 0 Å². The molecule has 37 heavy (non-hydrogen) atoms. The number of thiazole rings is 1. The monoisotopic (exact) mass is 548 g/mol. The third-order valence-corrected chi connectivity index (χ3v) is 9.79. The number of carbonyl (C=O) groups is 1. The first-order valence-electron chi connectivity index (χ1n) is 12.4. The zero-order valence-corrected chi connectivity index (χ0v) is 23.1. The van der Waals surface area contributed by atoms with E-state index in [-0.39, 0.29) is 16.5 Å². The molecular formula is C27H33FN2O5S2. The summed E-state index contributed by atoms with van der Waals surface area (Å²) in [5, 5.41) is 10.9. The highest BCUT2D eigenvalue weighted by Gasteiger charge is 2.32. The van der Waals surface area contributed by atoms with Crippen LogP contribution in [0.5, 0.6) is 5.75 Å². The molecule has 4 rings (SSSR count). The van der Waals surface area contributed by atoms with Gasteiger partial charge in [0, 0.05) is 17.0 Å². The summed E-state index contributed by atoms with van der Waals surface area (Å²) in [6, 6.07) is 1.72. The number of benzene rings is 1. The lowest BCUT2D eigenvalue weighted by atomic mass is 9.66. The minimum absolute atomic E-state index is 0.113. The van der Waals surface area contributed by atoms with Gasteiger partial charge in [0.05, 0.1) is 18.4 Å². The minimum Gasteiger partial charge on any atom is -0.495 e. The van der Waals surface area contributed by atoms with Gasteiger partial charge in [-0.25, -0.2) is 14.2 Å². The molecule has 0 aliphatic heterocycles. The third kappa shape index (κ3) is 6.06. The summed E-state index contributed by atoms with van der Waals surface area (Å²) in [5.74, 6) is -0.735. The van der Waals surface area contributed by atoms with Crippen LogP contribution in [0.15, 0.2) is 40.8 Å². The molecule has 1 heterocycles. The first-order chi connectivity index (χ1) is 17.4. The molecule has 0 spiro atoms. The SMILES string of the molecule is COc1cc(C(=O)O)c(F)cc1NS(=O)(=O)c1csc(C2=CC[C@H](C3CCC(C(C)(C)C)CC3)C=C2)n1. The fraction of sp³-hybridized carbons (Fsp3) is 0.481. The number of halogens is 1. The molecule has 1 fully saturated rings. The molecule has 2 aromatic rings. The highest BCUT2D eigenvalue weighted by molar-refractivity contribution is 7.92. The Balaban J connectivity index is 1.43. The summed E-state index contributed by atoms with van der Waals surface area (Å²) >= 11 is 1.22. The molecule has 2 N–H and O–H groups in total. The fourth-order valence-corrected chi connectivity index (χ4v) is 7.41. The summed E-state index contributed by atoms with van der Waals surface area (Å²) in [4.78, 5) is 15.5. The first-order valence-corrected chi connectivity index (χ1v) is 14.7. The topological polar surface area (TPSA) is 106 Å². The Morgan fingerprint density at radius 1 is 1.22 bits per heavy atom. The molecule has 0 amide bonds. The lowest BCUT2D eigenvalue weighted by Crippen LogP contribution is -2.28. The predicted molar refractivity (Wildman–Crippen MR) is 143 cm³/mol. The number of carboxylic acid groups (broad SMARTS) is 1. The smallest absolute Gasteiger partial charge is 0.338 e. The van der Waals surface area contributed by atoms with E-state index in [2.05, 4.69) is 42.6 Å². The molecule has 0 unspecified atom stereocenters. The van der Waals surface area contributed by atoms with Crippen LogP contribution in [0.25, 0.3) is 5.57 Å². The first kappa shape index (κ1) is 27.3. The van der Waals surface area contributed by atoms with Crippen LogP contribution in [0.3, 0.4) is 0 Å². The fourth-order valence-electron chi connectivity index (χ4n) is 5.24. The van der Waals surface area contributed by atoms with Crippen LogP contribution in [0.2, 0.25) is 0 Å². The molecule has 2 aliphatic rings. The van der Waals surface area contributed by atoms with E-state index in [1.807, 2.05) is 6.08 Å². The van der Waals surface area contributed by atoms with Crippen LogP contribution in [0.1, 0.15) is 68.2 Å². The Kier molecular flexibility index (Phi) is 7.80. The minimum atomic E-state index is -4.16. The molecule has 7 nitrogen and oxygen atoms in total. The number of carboxylic acids is 1. The second-order valence-corrected chi connectivity index (χ2v) is 13.3.